The van der Waals surface area contributed by atoms with Gasteiger partial charge in [0.05, 0.1) is 6.54 Å². The van der Waals surface area contributed by atoms with Crippen molar-refractivity contribution in [3.05, 3.63) is 0 Å². The largest absolute Gasteiger partial charge is 0.480 e. The third-order valence-electron chi connectivity index (χ3n) is 1.89. The lowest BCUT2D eigenvalue weighted by Crippen LogP contribution is -2.43. The normalized spacial score (nSPS) is 9.62. The number of terminal acetylenes is 1. The Bertz CT molecular complexity index is 281. The zero-order valence-corrected chi connectivity index (χ0v) is 9.69. The monoisotopic (exact) mass is 226 g/mol. The lowest BCUT2D eigenvalue weighted by molar-refractivity contribution is -0.137. The van der Waals surface area contributed by atoms with Gasteiger partial charge < -0.3 is 15.3 Å². The van der Waals surface area contributed by atoms with Gasteiger partial charge in [-0.25, -0.2) is 4.79 Å². The number of hydrogen-bond donors (Lipinski definition) is 2. The van der Waals surface area contributed by atoms with Crippen molar-refractivity contribution in [2.75, 3.05) is 19.6 Å². The molecule has 0 rings (SSSR count). The molecule has 2 amide bonds. The topological polar surface area (TPSA) is 69.6 Å². The van der Waals surface area contributed by atoms with Crippen LogP contribution in [0.25, 0.3) is 0 Å². The lowest BCUT2D eigenvalue weighted by Gasteiger charge is -2.18. The SMILES string of the molecule is C#CCN(CC(=O)O)C(=O)NCCC(C)C. The van der Waals surface area contributed by atoms with Gasteiger partial charge in [-0.1, -0.05) is 19.8 Å². The maximum atomic E-state index is 11.5. The Morgan fingerprint density at radius 3 is 2.56 bits per heavy atom. The zero-order valence-electron chi connectivity index (χ0n) is 9.69. The average molecular weight is 226 g/mol. The van der Waals surface area contributed by atoms with Crippen LogP contribution in [0.15, 0.2) is 0 Å². The van der Waals surface area contributed by atoms with Gasteiger partial charge in [-0.3, -0.25) is 4.79 Å². The molecule has 0 aromatic rings. The van der Waals surface area contributed by atoms with Crippen LogP contribution in [0.1, 0.15) is 20.3 Å². The van der Waals surface area contributed by atoms with Crippen molar-refractivity contribution in [3.8, 4) is 12.3 Å². The standard InChI is InChI=1S/C11H18N2O3/c1-4-7-13(8-10(14)15)11(16)12-6-5-9(2)3/h1,9H,5-8H2,2-3H3,(H,12,16)(H,14,15). The molecule has 2 N–H and O–H groups in total. The van der Waals surface area contributed by atoms with E-state index in [1.165, 1.54) is 0 Å². The third-order valence-corrected chi connectivity index (χ3v) is 1.89. The number of nitrogens with zero attached hydrogens (tertiary/aromatic N) is 1. The second-order valence-electron chi connectivity index (χ2n) is 3.87. The Balaban J connectivity index is 4.07. The van der Waals surface area contributed by atoms with Crippen LogP contribution in [-0.2, 0) is 4.79 Å². The molecule has 0 radical (unpaired) electrons. The van der Waals surface area contributed by atoms with E-state index >= 15 is 0 Å². The van der Waals surface area contributed by atoms with Crippen LogP contribution in [0, 0.1) is 18.3 Å². The highest BCUT2D eigenvalue weighted by molar-refractivity contribution is 5.80. The van der Waals surface area contributed by atoms with E-state index in [1.54, 1.807) is 0 Å². The van der Waals surface area contributed by atoms with Crippen LogP contribution in [0.2, 0.25) is 0 Å². The molecule has 0 aliphatic heterocycles. The summed E-state index contributed by atoms with van der Waals surface area (Å²) in [5, 5.41) is 11.2. The third kappa shape index (κ3) is 6.71. The number of nitrogens with one attached hydrogen (secondary N) is 1. The summed E-state index contributed by atoms with van der Waals surface area (Å²) in [4.78, 5) is 23.1. The molecule has 0 saturated carbocycles. The van der Waals surface area contributed by atoms with Crippen molar-refractivity contribution in [2.45, 2.75) is 20.3 Å². The van der Waals surface area contributed by atoms with Crippen LogP contribution in [0.4, 0.5) is 4.79 Å². The van der Waals surface area contributed by atoms with Gasteiger partial charge >= 0.3 is 12.0 Å². The summed E-state index contributed by atoms with van der Waals surface area (Å²) in [5.41, 5.74) is 0. The summed E-state index contributed by atoms with van der Waals surface area (Å²) in [6.07, 6.45) is 5.91. The van der Waals surface area contributed by atoms with Gasteiger partial charge in [0.15, 0.2) is 0 Å². The molecule has 0 bridgehead atoms. The molecule has 0 fully saturated rings. The first-order chi connectivity index (χ1) is 7.47. The van der Waals surface area contributed by atoms with Gasteiger partial charge in [0.1, 0.15) is 6.54 Å². The first-order valence-electron chi connectivity index (χ1n) is 5.15. The van der Waals surface area contributed by atoms with E-state index in [0.717, 1.165) is 11.3 Å². The van der Waals surface area contributed by atoms with Crippen LogP contribution >= 0.6 is 0 Å². The number of urea groups is 1. The second-order valence-corrected chi connectivity index (χ2v) is 3.87. The number of carboxylic acids is 1. The first-order valence-corrected chi connectivity index (χ1v) is 5.15. The molecule has 0 unspecified atom stereocenters. The van der Waals surface area contributed by atoms with Gasteiger partial charge in [-0.05, 0) is 12.3 Å². The Morgan fingerprint density at radius 1 is 1.50 bits per heavy atom. The number of hydrogen-bond acceptors (Lipinski definition) is 2. The van der Waals surface area contributed by atoms with Crippen molar-refractivity contribution in [1.29, 1.82) is 0 Å². The molecular formula is C11H18N2O3. The molecule has 5 heteroatoms. The lowest BCUT2D eigenvalue weighted by atomic mass is 10.1. The molecule has 0 saturated heterocycles. The van der Waals surface area contributed by atoms with E-state index in [4.69, 9.17) is 11.5 Å². The van der Waals surface area contributed by atoms with Crippen LogP contribution in [0.3, 0.4) is 0 Å². The van der Waals surface area contributed by atoms with E-state index in [9.17, 15) is 9.59 Å². The highest BCUT2D eigenvalue weighted by Gasteiger charge is 2.14. The molecular weight excluding hydrogens is 208 g/mol. The first kappa shape index (κ1) is 14.3. The zero-order chi connectivity index (χ0) is 12.6. The Morgan fingerprint density at radius 2 is 2.12 bits per heavy atom. The maximum absolute atomic E-state index is 11.5. The van der Waals surface area contributed by atoms with Gasteiger partial charge in [-0.2, -0.15) is 0 Å². The highest BCUT2D eigenvalue weighted by Crippen LogP contribution is 1.97. The summed E-state index contributed by atoms with van der Waals surface area (Å²) in [7, 11) is 0. The van der Waals surface area contributed by atoms with Crippen molar-refractivity contribution >= 4 is 12.0 Å². The highest BCUT2D eigenvalue weighted by atomic mass is 16.4. The van der Waals surface area contributed by atoms with Gasteiger partial charge in [0.2, 0.25) is 0 Å². The molecule has 0 aromatic heterocycles. The van der Waals surface area contributed by atoms with E-state index in [-0.39, 0.29) is 13.1 Å². The van der Waals surface area contributed by atoms with Crippen molar-refractivity contribution in [1.82, 2.24) is 10.2 Å². The Hall–Kier alpha value is -1.70. The minimum Gasteiger partial charge on any atom is -0.480 e. The predicted molar refractivity (Wildman–Crippen MR) is 60.9 cm³/mol. The number of rotatable bonds is 6. The molecule has 90 valence electrons. The molecule has 16 heavy (non-hydrogen) atoms. The van der Waals surface area contributed by atoms with Crippen LogP contribution in [0.5, 0.6) is 0 Å². The Kier molecular flexibility index (Phi) is 6.77. The second kappa shape index (κ2) is 7.57. The van der Waals surface area contributed by atoms with Gasteiger partial charge in [0, 0.05) is 6.54 Å². The predicted octanol–water partition coefficient (Wildman–Crippen LogP) is 0.762. The van der Waals surface area contributed by atoms with Gasteiger partial charge in [0.25, 0.3) is 0 Å². The van der Waals surface area contributed by atoms with Crippen molar-refractivity contribution in [2.24, 2.45) is 5.92 Å². The van der Waals surface area contributed by atoms with Crippen LogP contribution in [-0.4, -0.2) is 41.6 Å². The number of carboxylic acid groups (broad SMARTS) is 1. The number of aliphatic carboxylic acids is 1. The van der Waals surface area contributed by atoms with E-state index in [0.29, 0.717) is 12.5 Å². The summed E-state index contributed by atoms with van der Waals surface area (Å²) in [5.74, 6) is 1.67. The molecule has 0 aliphatic carbocycles. The fourth-order valence-corrected chi connectivity index (χ4v) is 1.05. The fraction of sp³-hybridized carbons (Fsp3) is 0.636. The van der Waals surface area contributed by atoms with E-state index in [2.05, 4.69) is 11.2 Å². The number of amides is 2. The molecule has 0 aliphatic rings. The minimum atomic E-state index is -1.07. The van der Waals surface area contributed by atoms with Crippen molar-refractivity contribution in [3.63, 3.8) is 0 Å². The van der Waals surface area contributed by atoms with Gasteiger partial charge in [-0.15, -0.1) is 6.42 Å². The van der Waals surface area contributed by atoms with Crippen LogP contribution < -0.4 is 5.32 Å². The summed E-state index contributed by atoms with van der Waals surface area (Å²) < 4.78 is 0. The molecule has 0 aromatic carbocycles. The fourth-order valence-electron chi connectivity index (χ4n) is 1.05. The summed E-state index contributed by atoms with van der Waals surface area (Å²) >= 11 is 0. The smallest absolute Gasteiger partial charge is 0.323 e. The Labute approximate surface area is 95.8 Å². The minimum absolute atomic E-state index is 0.000187. The maximum Gasteiger partial charge on any atom is 0.323 e. The molecule has 0 spiro atoms. The van der Waals surface area contributed by atoms with E-state index in [1.807, 2.05) is 13.8 Å². The molecule has 5 nitrogen and oxygen atoms in total. The van der Waals surface area contributed by atoms with Crippen molar-refractivity contribution < 1.29 is 14.7 Å². The average Bonchev–Trinajstić information content (AvgIpc) is 2.15. The summed E-state index contributed by atoms with van der Waals surface area (Å²) in [6.45, 7) is 4.24. The van der Waals surface area contributed by atoms with E-state index < -0.39 is 12.0 Å². The summed E-state index contributed by atoms with van der Waals surface area (Å²) in [6, 6.07) is -0.430. The molecule has 0 heterocycles. The number of carbonyl (C=O) groups is 2. The number of carbonyl (C=O) groups excluding carboxylic acids is 1. The molecule has 0 atom stereocenters. The quantitative estimate of drug-likeness (QED) is 0.657.